The van der Waals surface area contributed by atoms with Crippen LogP contribution in [0, 0.1) is 5.92 Å². The van der Waals surface area contributed by atoms with Crippen molar-refractivity contribution in [3.05, 3.63) is 22.4 Å². The van der Waals surface area contributed by atoms with Crippen LogP contribution in [0.2, 0.25) is 0 Å². The van der Waals surface area contributed by atoms with Gasteiger partial charge in [-0.05, 0) is 43.3 Å². The molecule has 1 aromatic heterocycles. The van der Waals surface area contributed by atoms with Crippen molar-refractivity contribution < 1.29 is 0 Å². The van der Waals surface area contributed by atoms with Crippen molar-refractivity contribution in [2.24, 2.45) is 10.9 Å². The summed E-state index contributed by atoms with van der Waals surface area (Å²) in [5.74, 6) is 1.73. The van der Waals surface area contributed by atoms with Crippen molar-refractivity contribution in [2.45, 2.75) is 25.8 Å². The summed E-state index contributed by atoms with van der Waals surface area (Å²) in [6, 6.07) is 4.84. The molecule has 0 amide bonds. The Bertz CT molecular complexity index is 408. The van der Waals surface area contributed by atoms with Gasteiger partial charge in [-0.3, -0.25) is 9.89 Å². The summed E-state index contributed by atoms with van der Waals surface area (Å²) < 4.78 is 0. The largest absolute Gasteiger partial charge is 0.359 e. The molecule has 5 heteroatoms. The van der Waals surface area contributed by atoms with Crippen molar-refractivity contribution in [3.8, 4) is 0 Å². The summed E-state index contributed by atoms with van der Waals surface area (Å²) >= 11 is 1.85. The number of hydrogen-bond donors (Lipinski definition) is 2. The fourth-order valence-electron chi connectivity index (χ4n) is 2.70. The lowest BCUT2D eigenvalue weighted by Gasteiger charge is -2.36. The molecule has 2 heterocycles. The first-order chi connectivity index (χ1) is 9.74. The van der Waals surface area contributed by atoms with Crippen molar-refractivity contribution in [3.63, 3.8) is 0 Å². The predicted octanol–water partition coefficient (Wildman–Crippen LogP) is 2.32. The van der Waals surface area contributed by atoms with Crippen LogP contribution in [0.3, 0.4) is 0 Å². The zero-order valence-corrected chi connectivity index (χ0v) is 13.5. The number of thiophene rings is 1. The minimum Gasteiger partial charge on any atom is -0.359 e. The quantitative estimate of drug-likeness (QED) is 0.661. The molecular formula is C15H26N4S. The van der Waals surface area contributed by atoms with Crippen LogP contribution < -0.4 is 10.6 Å². The van der Waals surface area contributed by atoms with Crippen LogP contribution in [-0.2, 0) is 0 Å². The van der Waals surface area contributed by atoms with E-state index in [-0.39, 0.29) is 0 Å². The normalized spacial score (nSPS) is 19.9. The number of rotatable bonds is 4. The fraction of sp³-hybridized carbons (Fsp3) is 0.667. The number of likely N-dealkylation sites (tertiary alicyclic amines) is 1. The van der Waals surface area contributed by atoms with Crippen molar-refractivity contribution in [1.82, 2.24) is 15.5 Å². The van der Waals surface area contributed by atoms with Crippen molar-refractivity contribution in [2.75, 3.05) is 33.7 Å². The molecule has 1 fully saturated rings. The van der Waals surface area contributed by atoms with Crippen molar-refractivity contribution in [1.29, 1.82) is 0 Å². The van der Waals surface area contributed by atoms with Gasteiger partial charge in [-0.25, -0.2) is 0 Å². The number of guanidine groups is 1. The van der Waals surface area contributed by atoms with E-state index >= 15 is 0 Å². The number of aliphatic imine (C=N–C) groups is 1. The average molecular weight is 294 g/mol. The van der Waals surface area contributed by atoms with Gasteiger partial charge in [0.25, 0.3) is 0 Å². The van der Waals surface area contributed by atoms with Gasteiger partial charge in [0.15, 0.2) is 5.96 Å². The second-order valence-corrected chi connectivity index (χ2v) is 6.43. The maximum absolute atomic E-state index is 4.20. The lowest BCUT2D eigenvalue weighted by molar-refractivity contribution is 0.140. The highest BCUT2D eigenvalue weighted by atomic mass is 32.1. The highest BCUT2D eigenvalue weighted by Crippen LogP contribution is 2.28. The van der Waals surface area contributed by atoms with E-state index in [1.54, 1.807) is 0 Å². The van der Waals surface area contributed by atoms with Gasteiger partial charge in [-0.15, -0.1) is 11.3 Å². The summed E-state index contributed by atoms with van der Waals surface area (Å²) in [5.41, 5.74) is 0. The SMILES string of the molecule is CN=C(NC)NCC(c1cccs1)N1CCC(C)CC1. The first kappa shape index (κ1) is 15.3. The molecule has 4 nitrogen and oxygen atoms in total. The summed E-state index contributed by atoms with van der Waals surface area (Å²) in [5, 5.41) is 8.67. The second kappa shape index (κ2) is 7.64. The smallest absolute Gasteiger partial charge is 0.190 e. The van der Waals surface area contributed by atoms with Gasteiger partial charge in [-0.2, -0.15) is 0 Å². The highest BCUT2D eigenvalue weighted by Gasteiger charge is 2.25. The molecule has 2 rings (SSSR count). The van der Waals surface area contributed by atoms with Crippen LogP contribution >= 0.6 is 11.3 Å². The van der Waals surface area contributed by atoms with Gasteiger partial charge in [0, 0.05) is 25.5 Å². The average Bonchev–Trinajstić information content (AvgIpc) is 2.99. The third-order valence-corrected chi connectivity index (χ3v) is 5.03. The van der Waals surface area contributed by atoms with E-state index in [0.717, 1.165) is 18.4 Å². The molecule has 2 N–H and O–H groups in total. The van der Waals surface area contributed by atoms with E-state index < -0.39 is 0 Å². The lowest BCUT2D eigenvalue weighted by atomic mass is 9.97. The number of piperidine rings is 1. The molecule has 1 saturated heterocycles. The van der Waals surface area contributed by atoms with Gasteiger partial charge in [0.2, 0.25) is 0 Å². The van der Waals surface area contributed by atoms with Crippen LogP contribution in [0.25, 0.3) is 0 Å². The Balaban J connectivity index is 2.02. The van der Waals surface area contributed by atoms with Crippen LogP contribution in [-0.4, -0.2) is 44.6 Å². The minimum atomic E-state index is 0.451. The molecule has 0 bridgehead atoms. The van der Waals surface area contributed by atoms with Crippen LogP contribution in [0.15, 0.2) is 22.5 Å². The summed E-state index contributed by atoms with van der Waals surface area (Å²) in [4.78, 5) is 8.25. The molecule has 0 aliphatic carbocycles. The maximum Gasteiger partial charge on any atom is 0.190 e. The van der Waals surface area contributed by atoms with Gasteiger partial charge in [-0.1, -0.05) is 13.0 Å². The van der Waals surface area contributed by atoms with Gasteiger partial charge < -0.3 is 10.6 Å². The first-order valence-corrected chi connectivity index (χ1v) is 8.28. The van der Waals surface area contributed by atoms with Crippen LogP contribution in [0.4, 0.5) is 0 Å². The summed E-state index contributed by atoms with van der Waals surface area (Å²) in [6.45, 7) is 5.66. The standard InChI is InChI=1S/C15H26N4S/c1-12-6-8-19(9-7-12)13(14-5-4-10-20-14)11-18-15(16-2)17-3/h4-5,10,12-13H,6-9,11H2,1-3H3,(H2,16,17,18). The molecule has 0 aromatic carbocycles. The molecule has 1 atom stereocenters. The van der Waals surface area contributed by atoms with E-state index in [1.807, 2.05) is 25.4 Å². The Morgan fingerprint density at radius 2 is 2.25 bits per heavy atom. The molecule has 1 unspecified atom stereocenters. The Labute approximate surface area is 126 Å². The molecule has 1 aromatic rings. The topological polar surface area (TPSA) is 39.7 Å². The van der Waals surface area contributed by atoms with Crippen LogP contribution in [0.1, 0.15) is 30.7 Å². The minimum absolute atomic E-state index is 0.451. The molecule has 112 valence electrons. The Morgan fingerprint density at radius 1 is 1.50 bits per heavy atom. The summed E-state index contributed by atoms with van der Waals surface area (Å²) in [6.07, 6.45) is 2.62. The summed E-state index contributed by atoms with van der Waals surface area (Å²) in [7, 11) is 3.71. The highest BCUT2D eigenvalue weighted by molar-refractivity contribution is 7.10. The Hall–Kier alpha value is -1.07. The van der Waals surface area contributed by atoms with Gasteiger partial charge in [0.05, 0.1) is 6.04 Å². The molecule has 0 spiro atoms. The Morgan fingerprint density at radius 3 is 2.80 bits per heavy atom. The zero-order chi connectivity index (χ0) is 14.4. The third kappa shape index (κ3) is 3.96. The zero-order valence-electron chi connectivity index (χ0n) is 12.7. The maximum atomic E-state index is 4.20. The van der Waals surface area contributed by atoms with Gasteiger partial charge in [0.1, 0.15) is 0 Å². The van der Waals surface area contributed by atoms with E-state index in [1.165, 1.54) is 30.8 Å². The van der Waals surface area contributed by atoms with E-state index in [2.05, 4.69) is 45.0 Å². The van der Waals surface area contributed by atoms with Crippen LogP contribution in [0.5, 0.6) is 0 Å². The molecule has 20 heavy (non-hydrogen) atoms. The van der Waals surface area contributed by atoms with E-state index in [9.17, 15) is 0 Å². The molecule has 0 saturated carbocycles. The van der Waals surface area contributed by atoms with Gasteiger partial charge >= 0.3 is 0 Å². The predicted molar refractivity (Wildman–Crippen MR) is 87.5 cm³/mol. The third-order valence-electron chi connectivity index (χ3n) is 4.05. The lowest BCUT2D eigenvalue weighted by Crippen LogP contribution is -2.44. The number of hydrogen-bond acceptors (Lipinski definition) is 3. The monoisotopic (exact) mass is 294 g/mol. The van der Waals surface area contributed by atoms with Crippen molar-refractivity contribution >= 4 is 17.3 Å². The molecular weight excluding hydrogens is 268 g/mol. The Kier molecular flexibility index (Phi) is 5.86. The number of nitrogens with one attached hydrogen (secondary N) is 2. The van der Waals surface area contributed by atoms with E-state index in [4.69, 9.17) is 0 Å². The molecule has 0 radical (unpaired) electrons. The molecule has 1 aliphatic rings. The second-order valence-electron chi connectivity index (χ2n) is 5.45. The molecule has 1 aliphatic heterocycles. The van der Waals surface area contributed by atoms with E-state index in [0.29, 0.717) is 6.04 Å². The number of nitrogens with zero attached hydrogens (tertiary/aromatic N) is 2. The fourth-order valence-corrected chi connectivity index (χ4v) is 3.56. The first-order valence-electron chi connectivity index (χ1n) is 7.40.